The molecule has 0 fully saturated rings. The van der Waals surface area contributed by atoms with Crippen LogP contribution in [0.5, 0.6) is 0 Å². The van der Waals surface area contributed by atoms with Crippen LogP contribution in [-0.4, -0.2) is 29.6 Å². The minimum absolute atomic E-state index is 0.107. The maximum Gasteiger partial charge on any atom is 0.226 e. The molecule has 0 saturated carbocycles. The van der Waals surface area contributed by atoms with E-state index in [0.717, 1.165) is 5.56 Å². The Hall–Kier alpha value is -1.56. The number of nitrogens with one attached hydrogen (secondary N) is 1. The molecular formula is C15H17Cl2N3O2. The third-order valence-corrected chi connectivity index (χ3v) is 3.43. The van der Waals surface area contributed by atoms with Gasteiger partial charge in [-0.25, -0.2) is 0 Å². The molecule has 1 aromatic heterocycles. The number of hydrogen-bond acceptors (Lipinski definition) is 4. The van der Waals surface area contributed by atoms with Crippen LogP contribution in [0.15, 0.2) is 28.8 Å². The van der Waals surface area contributed by atoms with Gasteiger partial charge in [0.25, 0.3) is 0 Å². The number of aromatic nitrogens is 1. The first-order valence-electron chi connectivity index (χ1n) is 6.79. The molecule has 0 aliphatic heterocycles. The number of amides is 1. The normalized spacial score (nSPS) is 11.0. The van der Waals surface area contributed by atoms with Crippen molar-refractivity contribution < 1.29 is 9.32 Å². The summed E-state index contributed by atoms with van der Waals surface area (Å²) in [6, 6.07) is 7.10. The van der Waals surface area contributed by atoms with Gasteiger partial charge in [0, 0.05) is 35.6 Å². The Morgan fingerprint density at radius 1 is 1.27 bits per heavy atom. The molecule has 2 rings (SSSR count). The SMILES string of the molecule is Cc1cc(NC(=O)CCN(C)Cc2cc(Cl)cc(Cl)c2)no1. The van der Waals surface area contributed by atoms with Crippen molar-refractivity contribution in [3.05, 3.63) is 45.6 Å². The highest BCUT2D eigenvalue weighted by Crippen LogP contribution is 2.20. The van der Waals surface area contributed by atoms with E-state index in [1.165, 1.54) is 0 Å². The van der Waals surface area contributed by atoms with Crippen molar-refractivity contribution in [3.8, 4) is 0 Å². The highest BCUT2D eigenvalue weighted by Gasteiger charge is 2.09. The Kier molecular flexibility index (Phi) is 5.83. The van der Waals surface area contributed by atoms with E-state index in [2.05, 4.69) is 10.5 Å². The number of benzene rings is 1. The Morgan fingerprint density at radius 3 is 2.55 bits per heavy atom. The average molecular weight is 342 g/mol. The quantitative estimate of drug-likeness (QED) is 0.869. The summed E-state index contributed by atoms with van der Waals surface area (Å²) in [6.07, 6.45) is 0.358. The van der Waals surface area contributed by atoms with Crippen molar-refractivity contribution in [1.82, 2.24) is 10.1 Å². The van der Waals surface area contributed by atoms with Gasteiger partial charge in [-0.3, -0.25) is 4.79 Å². The minimum atomic E-state index is -0.107. The van der Waals surface area contributed by atoms with Crippen LogP contribution in [0.25, 0.3) is 0 Å². The second-order valence-corrected chi connectivity index (χ2v) is 6.01. The molecule has 2 aromatic rings. The van der Waals surface area contributed by atoms with Gasteiger partial charge in [0.2, 0.25) is 5.91 Å². The number of halogens is 2. The zero-order valence-electron chi connectivity index (χ0n) is 12.4. The molecule has 1 amide bonds. The monoisotopic (exact) mass is 341 g/mol. The Morgan fingerprint density at radius 2 is 1.95 bits per heavy atom. The van der Waals surface area contributed by atoms with Crippen molar-refractivity contribution in [2.24, 2.45) is 0 Å². The van der Waals surface area contributed by atoms with E-state index < -0.39 is 0 Å². The topological polar surface area (TPSA) is 58.4 Å². The van der Waals surface area contributed by atoms with Crippen LogP contribution in [0.1, 0.15) is 17.7 Å². The molecule has 7 heteroatoms. The van der Waals surface area contributed by atoms with Crippen LogP contribution >= 0.6 is 23.2 Å². The summed E-state index contributed by atoms with van der Waals surface area (Å²) >= 11 is 11.9. The van der Waals surface area contributed by atoms with Crippen LogP contribution in [0.4, 0.5) is 5.82 Å². The number of carbonyl (C=O) groups excluding carboxylic acids is 1. The van der Waals surface area contributed by atoms with Crippen molar-refractivity contribution in [2.75, 3.05) is 18.9 Å². The summed E-state index contributed by atoms with van der Waals surface area (Å²) in [5, 5.41) is 7.62. The van der Waals surface area contributed by atoms with Gasteiger partial charge in [-0.15, -0.1) is 0 Å². The minimum Gasteiger partial charge on any atom is -0.360 e. The lowest BCUT2D eigenvalue weighted by atomic mass is 10.2. The largest absolute Gasteiger partial charge is 0.360 e. The number of rotatable bonds is 6. The van der Waals surface area contributed by atoms with Gasteiger partial charge in [0.05, 0.1) is 0 Å². The van der Waals surface area contributed by atoms with Crippen molar-refractivity contribution in [2.45, 2.75) is 19.9 Å². The van der Waals surface area contributed by atoms with Crippen LogP contribution in [0, 0.1) is 6.92 Å². The zero-order valence-corrected chi connectivity index (χ0v) is 13.9. The summed E-state index contributed by atoms with van der Waals surface area (Å²) in [6.45, 7) is 3.04. The molecule has 0 spiro atoms. The molecule has 0 aliphatic carbocycles. The van der Waals surface area contributed by atoms with Gasteiger partial charge in [0.1, 0.15) is 5.76 Å². The molecule has 0 bridgehead atoms. The van der Waals surface area contributed by atoms with E-state index in [1.54, 1.807) is 19.1 Å². The summed E-state index contributed by atoms with van der Waals surface area (Å²) in [7, 11) is 1.93. The number of aryl methyl sites for hydroxylation is 1. The Bertz CT molecular complexity index is 638. The van der Waals surface area contributed by atoms with Gasteiger partial charge in [-0.1, -0.05) is 28.4 Å². The van der Waals surface area contributed by atoms with Gasteiger partial charge < -0.3 is 14.7 Å². The van der Waals surface area contributed by atoms with Crippen molar-refractivity contribution in [3.63, 3.8) is 0 Å². The molecule has 22 heavy (non-hydrogen) atoms. The van der Waals surface area contributed by atoms with E-state index in [0.29, 0.717) is 41.1 Å². The number of hydrogen-bond donors (Lipinski definition) is 1. The highest BCUT2D eigenvalue weighted by molar-refractivity contribution is 6.34. The molecule has 1 aromatic carbocycles. The summed E-state index contributed by atoms with van der Waals surface area (Å²) in [4.78, 5) is 13.8. The molecular weight excluding hydrogens is 325 g/mol. The van der Waals surface area contributed by atoms with Gasteiger partial charge in [-0.05, 0) is 37.7 Å². The second kappa shape index (κ2) is 7.63. The molecule has 1 N–H and O–H groups in total. The van der Waals surface area contributed by atoms with E-state index in [9.17, 15) is 4.79 Å². The van der Waals surface area contributed by atoms with Gasteiger partial charge in [-0.2, -0.15) is 0 Å². The molecule has 0 radical (unpaired) electrons. The molecule has 5 nitrogen and oxygen atoms in total. The third kappa shape index (κ3) is 5.33. The molecule has 0 saturated heterocycles. The lowest BCUT2D eigenvalue weighted by Gasteiger charge is -2.16. The highest BCUT2D eigenvalue weighted by atomic mass is 35.5. The maximum atomic E-state index is 11.8. The smallest absolute Gasteiger partial charge is 0.226 e. The molecule has 0 unspecified atom stereocenters. The molecule has 0 aliphatic rings. The first-order valence-corrected chi connectivity index (χ1v) is 7.54. The predicted molar refractivity (Wildman–Crippen MR) is 87.3 cm³/mol. The third-order valence-electron chi connectivity index (χ3n) is 2.99. The standard InChI is InChI=1S/C15H17Cl2N3O2/c1-10-5-14(19-22-10)18-15(21)3-4-20(2)9-11-6-12(16)8-13(17)7-11/h5-8H,3-4,9H2,1-2H3,(H,18,19,21). The summed E-state index contributed by atoms with van der Waals surface area (Å²) in [5.74, 6) is 0.987. The van der Waals surface area contributed by atoms with Crippen LogP contribution in [0.3, 0.4) is 0 Å². The number of anilines is 1. The molecule has 0 atom stereocenters. The molecule has 118 valence electrons. The lowest BCUT2D eigenvalue weighted by molar-refractivity contribution is -0.116. The molecule has 1 heterocycles. The Balaban J connectivity index is 1.79. The Labute approximate surface area is 139 Å². The van der Waals surface area contributed by atoms with E-state index in [4.69, 9.17) is 27.7 Å². The van der Waals surface area contributed by atoms with Gasteiger partial charge in [0.15, 0.2) is 5.82 Å². The second-order valence-electron chi connectivity index (χ2n) is 5.14. The fourth-order valence-corrected chi connectivity index (χ4v) is 2.59. The van der Waals surface area contributed by atoms with Crippen LogP contribution < -0.4 is 5.32 Å². The lowest BCUT2D eigenvalue weighted by Crippen LogP contribution is -2.24. The number of carbonyl (C=O) groups is 1. The van der Waals surface area contributed by atoms with Crippen LogP contribution in [0.2, 0.25) is 10.0 Å². The average Bonchev–Trinajstić information content (AvgIpc) is 2.80. The maximum absolute atomic E-state index is 11.8. The first kappa shape index (κ1) is 16.8. The fourth-order valence-electron chi connectivity index (χ4n) is 2.02. The number of nitrogens with zero attached hydrogens (tertiary/aromatic N) is 2. The summed E-state index contributed by atoms with van der Waals surface area (Å²) in [5.41, 5.74) is 1.01. The van der Waals surface area contributed by atoms with E-state index >= 15 is 0 Å². The van der Waals surface area contributed by atoms with Crippen molar-refractivity contribution in [1.29, 1.82) is 0 Å². The van der Waals surface area contributed by atoms with E-state index in [1.807, 2.05) is 24.1 Å². The van der Waals surface area contributed by atoms with E-state index in [-0.39, 0.29) is 5.91 Å². The van der Waals surface area contributed by atoms with Gasteiger partial charge >= 0.3 is 0 Å². The van der Waals surface area contributed by atoms with Crippen LogP contribution in [-0.2, 0) is 11.3 Å². The summed E-state index contributed by atoms with van der Waals surface area (Å²) < 4.78 is 4.89. The van der Waals surface area contributed by atoms with Crippen molar-refractivity contribution >= 4 is 34.9 Å². The fraction of sp³-hybridized carbons (Fsp3) is 0.333. The first-order chi connectivity index (χ1) is 10.4. The zero-order chi connectivity index (χ0) is 16.1. The predicted octanol–water partition coefficient (Wildman–Crippen LogP) is 3.75.